The van der Waals surface area contributed by atoms with Crippen molar-refractivity contribution >= 4 is 41.3 Å². The van der Waals surface area contributed by atoms with Crippen LogP contribution in [-0.4, -0.2) is 70.4 Å². The second kappa shape index (κ2) is 13.8. The summed E-state index contributed by atoms with van der Waals surface area (Å²) in [6.45, 7) is 10.3. The highest BCUT2D eigenvalue weighted by Gasteiger charge is 2.70. The molecule has 1 aliphatic heterocycles. The maximum absolute atomic E-state index is 14.4. The average molecular weight is 668 g/mol. The van der Waals surface area contributed by atoms with Crippen LogP contribution in [0, 0.1) is 28.6 Å². The number of nitrogens with two attached hydrogens (primary N) is 1. The van der Waals surface area contributed by atoms with E-state index in [2.05, 4.69) is 41.9 Å². The first-order valence-electron chi connectivity index (χ1n) is 17.3. The third kappa shape index (κ3) is 8.15. The number of likely N-dealkylation sites (tertiary alicyclic amines) is 1. The zero-order valence-corrected chi connectivity index (χ0v) is 29.4. The molecule has 2 unspecified atom stereocenters. The number of piperidine rings is 1. The number of primary amides is 1. The topological polar surface area (TPSA) is 151 Å². The van der Waals surface area contributed by atoms with E-state index in [9.17, 15) is 24.0 Å². The van der Waals surface area contributed by atoms with E-state index >= 15 is 0 Å². The molecule has 258 valence electrons. The van der Waals surface area contributed by atoms with E-state index in [0.29, 0.717) is 13.0 Å². The molecule has 1 saturated heterocycles. The first-order valence-corrected chi connectivity index (χ1v) is 18.3. The molecular weight excluding hydrogens is 614 g/mol. The molecule has 1 aromatic carbocycles. The molecule has 3 saturated carbocycles. The van der Waals surface area contributed by atoms with Crippen molar-refractivity contribution < 1.29 is 24.0 Å². The molecule has 5 amide bonds. The lowest BCUT2D eigenvalue weighted by Gasteiger charge is -2.41. The molecule has 5 rings (SSSR count). The quantitative estimate of drug-likeness (QED) is 0.181. The van der Waals surface area contributed by atoms with Gasteiger partial charge in [0, 0.05) is 22.7 Å². The van der Waals surface area contributed by atoms with E-state index in [-0.39, 0.29) is 40.6 Å². The largest absolute Gasteiger partial charge is 0.363 e. The summed E-state index contributed by atoms with van der Waals surface area (Å²) in [5, 5.41) is 9.16. The van der Waals surface area contributed by atoms with Crippen LogP contribution in [0.5, 0.6) is 0 Å². The third-order valence-corrected chi connectivity index (χ3v) is 12.1. The number of benzene rings is 1. The van der Waals surface area contributed by atoms with Gasteiger partial charge in [0.05, 0.1) is 6.04 Å². The van der Waals surface area contributed by atoms with Crippen LogP contribution in [0.15, 0.2) is 35.2 Å². The number of Topliss-reactive ketones (excluding diaryl/α,β-unsaturated/α-hetero) is 1. The van der Waals surface area contributed by atoms with Crippen molar-refractivity contribution in [2.45, 2.75) is 121 Å². The van der Waals surface area contributed by atoms with Crippen molar-refractivity contribution in [3.05, 3.63) is 30.3 Å². The fraction of sp³-hybridized carbons (Fsp3) is 0.694. The Bertz CT molecular complexity index is 1350. The van der Waals surface area contributed by atoms with E-state index in [1.807, 2.05) is 39.0 Å². The molecule has 11 heteroatoms. The maximum Gasteiger partial charge on any atom is 0.315 e. The standard InChI is InChI=1S/C36H53N5O5S/c1-34(2,3)29(39-33(46)40-36(16-10-7-11-17-36)18-19-47-23-12-8-6-9-13-23)32(45)41-21-24-26(35(24,4)5)27(41)31(44)38-25(20-22-14-15-22)28(42)30(37)43/h6,8-9,12-13,22,24-27,29H,7,10-11,14-21H2,1-5H3,(H2,37,43)(H,38,44)(H2,39,40,46)/t24?,25?,26-,27-,29+/m0/s1. The molecule has 0 spiro atoms. The Morgan fingerprint density at radius 1 is 1.00 bits per heavy atom. The first kappa shape index (κ1) is 35.2. The Labute approximate surface area is 283 Å². The molecule has 10 nitrogen and oxygen atoms in total. The number of nitrogens with zero attached hydrogens (tertiary/aromatic N) is 1. The Kier molecular flexibility index (Phi) is 10.3. The van der Waals surface area contributed by atoms with Gasteiger partial charge in [-0.05, 0) is 66.4 Å². The van der Waals surface area contributed by atoms with Gasteiger partial charge in [-0.1, -0.05) is 84.9 Å². The van der Waals surface area contributed by atoms with E-state index in [4.69, 9.17) is 5.73 Å². The Hall–Kier alpha value is -3.08. The summed E-state index contributed by atoms with van der Waals surface area (Å²) in [6.07, 6.45) is 8.09. The third-order valence-electron chi connectivity index (χ3n) is 11.1. The minimum Gasteiger partial charge on any atom is -0.363 e. The first-order chi connectivity index (χ1) is 22.1. The second-order valence-electron chi connectivity index (χ2n) is 16.0. The summed E-state index contributed by atoms with van der Waals surface area (Å²) in [4.78, 5) is 69.3. The van der Waals surface area contributed by atoms with Crippen molar-refractivity contribution in [1.29, 1.82) is 0 Å². The molecule has 5 atom stereocenters. The highest BCUT2D eigenvalue weighted by molar-refractivity contribution is 7.99. The smallest absolute Gasteiger partial charge is 0.315 e. The normalized spacial score (nSPS) is 25.6. The minimum atomic E-state index is -1.07. The van der Waals surface area contributed by atoms with Gasteiger partial charge in [-0.3, -0.25) is 19.2 Å². The van der Waals surface area contributed by atoms with Gasteiger partial charge in [0.15, 0.2) is 0 Å². The number of urea groups is 1. The lowest BCUT2D eigenvalue weighted by Crippen LogP contribution is -2.63. The van der Waals surface area contributed by atoms with Crippen LogP contribution in [0.3, 0.4) is 0 Å². The minimum absolute atomic E-state index is 0.0845. The molecular formula is C36H53N5O5S. The summed E-state index contributed by atoms with van der Waals surface area (Å²) >= 11 is 1.78. The molecule has 3 aliphatic carbocycles. The van der Waals surface area contributed by atoms with Crippen molar-refractivity contribution in [3.8, 4) is 0 Å². The number of amides is 5. The van der Waals surface area contributed by atoms with Gasteiger partial charge in [-0.2, -0.15) is 0 Å². The van der Waals surface area contributed by atoms with Gasteiger partial charge in [0.1, 0.15) is 12.1 Å². The highest BCUT2D eigenvalue weighted by Crippen LogP contribution is 2.65. The molecule has 1 heterocycles. The number of fused-ring (bicyclic) bond motifs is 1. The Balaban J connectivity index is 1.29. The van der Waals surface area contributed by atoms with Gasteiger partial charge in [-0.15, -0.1) is 11.8 Å². The summed E-state index contributed by atoms with van der Waals surface area (Å²) in [5.41, 5.74) is 4.19. The number of hydrogen-bond donors (Lipinski definition) is 4. The Morgan fingerprint density at radius 3 is 2.26 bits per heavy atom. The van der Waals surface area contributed by atoms with Crippen molar-refractivity contribution in [2.75, 3.05) is 12.3 Å². The van der Waals surface area contributed by atoms with Crippen LogP contribution in [0.1, 0.15) is 92.4 Å². The molecule has 0 aromatic heterocycles. The van der Waals surface area contributed by atoms with E-state index in [1.165, 1.54) is 4.90 Å². The average Bonchev–Trinajstić information content (AvgIpc) is 3.86. The summed E-state index contributed by atoms with van der Waals surface area (Å²) in [5.74, 6) is -1.45. The number of hydrogen-bond acceptors (Lipinski definition) is 6. The summed E-state index contributed by atoms with van der Waals surface area (Å²) < 4.78 is 0. The molecule has 4 fully saturated rings. The van der Waals surface area contributed by atoms with Crippen LogP contribution in [0.25, 0.3) is 0 Å². The van der Waals surface area contributed by atoms with Gasteiger partial charge in [0.25, 0.3) is 5.91 Å². The van der Waals surface area contributed by atoms with Crippen LogP contribution < -0.4 is 21.7 Å². The van der Waals surface area contributed by atoms with Gasteiger partial charge < -0.3 is 26.6 Å². The highest BCUT2D eigenvalue weighted by atomic mass is 32.2. The van der Waals surface area contributed by atoms with Gasteiger partial charge in [-0.25, -0.2) is 4.79 Å². The van der Waals surface area contributed by atoms with Gasteiger partial charge >= 0.3 is 6.03 Å². The van der Waals surface area contributed by atoms with Crippen molar-refractivity contribution in [2.24, 2.45) is 34.3 Å². The molecule has 4 aliphatic rings. The molecule has 0 bridgehead atoms. The summed E-state index contributed by atoms with van der Waals surface area (Å²) in [6, 6.07) is 7.19. The molecule has 47 heavy (non-hydrogen) atoms. The number of thioether (sulfide) groups is 1. The number of ketones is 1. The predicted molar refractivity (Wildman–Crippen MR) is 182 cm³/mol. The number of carbonyl (C=O) groups is 5. The SMILES string of the molecule is CC(C)(C)[C@H](NC(=O)NC1(CCSc2ccccc2)CCCCC1)C(=O)N1CC2[C@@H]([C@H]1C(=O)NC(CC1CC1)C(=O)C(N)=O)C2(C)C. The van der Waals surface area contributed by atoms with E-state index in [0.717, 1.165) is 57.1 Å². The maximum atomic E-state index is 14.4. The zero-order valence-electron chi connectivity index (χ0n) is 28.6. The summed E-state index contributed by atoms with van der Waals surface area (Å²) in [7, 11) is 0. The lowest BCUT2D eigenvalue weighted by molar-refractivity contribution is -0.145. The number of nitrogens with one attached hydrogen (secondary N) is 3. The fourth-order valence-corrected chi connectivity index (χ4v) is 9.01. The van der Waals surface area contributed by atoms with Crippen molar-refractivity contribution in [3.63, 3.8) is 0 Å². The second-order valence-corrected chi connectivity index (χ2v) is 17.2. The molecule has 1 aromatic rings. The fourth-order valence-electron chi connectivity index (χ4n) is 7.93. The Morgan fingerprint density at radius 2 is 1.66 bits per heavy atom. The van der Waals surface area contributed by atoms with Crippen LogP contribution in [0.4, 0.5) is 4.79 Å². The molecule has 5 N–H and O–H groups in total. The number of carbonyl (C=O) groups excluding carboxylic acids is 5. The predicted octanol–water partition coefficient (Wildman–Crippen LogP) is 4.41. The van der Waals surface area contributed by atoms with E-state index < -0.39 is 41.1 Å². The van der Waals surface area contributed by atoms with Gasteiger partial charge in [0.2, 0.25) is 17.6 Å². The lowest BCUT2D eigenvalue weighted by atomic mass is 9.79. The molecule has 0 radical (unpaired) electrons. The number of rotatable bonds is 13. The van der Waals surface area contributed by atoms with Crippen LogP contribution in [-0.2, 0) is 19.2 Å². The monoisotopic (exact) mass is 667 g/mol. The van der Waals surface area contributed by atoms with Crippen LogP contribution >= 0.6 is 11.8 Å². The zero-order chi connectivity index (χ0) is 34.1. The van der Waals surface area contributed by atoms with Crippen LogP contribution in [0.2, 0.25) is 0 Å². The van der Waals surface area contributed by atoms with E-state index in [1.54, 1.807) is 16.7 Å². The van der Waals surface area contributed by atoms with Crippen molar-refractivity contribution in [1.82, 2.24) is 20.9 Å².